The fraction of sp³-hybridized carbons (Fsp3) is 0.250. The van der Waals surface area contributed by atoms with Crippen LogP contribution in [0.1, 0.15) is 25.0 Å². The van der Waals surface area contributed by atoms with Crippen LogP contribution >= 0.6 is 0 Å². The van der Waals surface area contributed by atoms with E-state index in [1.165, 1.54) is 17.9 Å². The van der Waals surface area contributed by atoms with E-state index in [1.807, 2.05) is 13.8 Å². The number of anilines is 2. The normalized spacial score (nSPS) is 10.7. The molecule has 0 fully saturated rings. The lowest BCUT2D eigenvalue weighted by Crippen LogP contribution is -2.35. The van der Waals surface area contributed by atoms with Crippen molar-refractivity contribution in [3.63, 3.8) is 0 Å². The van der Waals surface area contributed by atoms with Gasteiger partial charge in [-0.25, -0.2) is 4.98 Å². The molecule has 0 saturated heterocycles. The Hall–Kier alpha value is -4.34. The van der Waals surface area contributed by atoms with E-state index < -0.39 is 5.56 Å². The van der Waals surface area contributed by atoms with Gasteiger partial charge in [-0.3, -0.25) is 19.6 Å². The van der Waals surface area contributed by atoms with Gasteiger partial charge in [0.25, 0.3) is 5.56 Å². The SMILES string of the molecule is COc1cc(N)cc(-c2cnc(NC(C)C)c(=O)n2CC(=O)NCc2ccc(C(=N)N)cc2)c1. The molecule has 10 nitrogen and oxygen atoms in total. The first-order valence-corrected chi connectivity index (χ1v) is 10.7. The van der Waals surface area contributed by atoms with E-state index in [2.05, 4.69) is 15.6 Å². The minimum Gasteiger partial charge on any atom is -0.497 e. The molecule has 3 rings (SSSR count). The molecule has 3 aromatic rings. The Morgan fingerprint density at radius 1 is 1.21 bits per heavy atom. The van der Waals surface area contributed by atoms with Gasteiger partial charge < -0.3 is 26.8 Å². The maximum Gasteiger partial charge on any atom is 0.294 e. The standard InChI is InChI=1S/C24H29N7O3/c1-14(2)30-23-24(33)31(20(12-29-23)17-8-18(25)10-19(9-17)34-3)13-21(32)28-11-15-4-6-16(7-5-15)22(26)27/h4-10,12,14H,11,13,25H2,1-3H3,(H3,26,27)(H,28,32)(H,29,30). The van der Waals surface area contributed by atoms with Crippen LogP contribution in [0.15, 0.2) is 53.5 Å². The van der Waals surface area contributed by atoms with Crippen molar-refractivity contribution < 1.29 is 9.53 Å². The number of nitrogens with zero attached hydrogens (tertiary/aromatic N) is 2. The van der Waals surface area contributed by atoms with Crippen LogP contribution in [0.2, 0.25) is 0 Å². The third-order valence-electron chi connectivity index (χ3n) is 5.00. The zero-order valence-corrected chi connectivity index (χ0v) is 19.4. The molecule has 1 aromatic heterocycles. The van der Waals surface area contributed by atoms with Crippen molar-refractivity contribution in [2.45, 2.75) is 33.0 Å². The zero-order chi connectivity index (χ0) is 24.8. The number of rotatable bonds is 9. The second-order valence-electron chi connectivity index (χ2n) is 8.06. The molecule has 0 bridgehead atoms. The van der Waals surface area contributed by atoms with Crippen LogP contribution < -0.4 is 32.4 Å². The number of aromatic nitrogens is 2. The molecular weight excluding hydrogens is 434 g/mol. The molecule has 0 aliphatic carbocycles. The van der Waals surface area contributed by atoms with Crippen LogP contribution in [0.5, 0.6) is 5.75 Å². The molecule has 0 unspecified atom stereocenters. The second kappa shape index (κ2) is 10.5. The van der Waals surface area contributed by atoms with Crippen molar-refractivity contribution in [2.75, 3.05) is 18.2 Å². The zero-order valence-electron chi connectivity index (χ0n) is 19.4. The maximum atomic E-state index is 13.2. The topological polar surface area (TPSA) is 161 Å². The fourth-order valence-electron chi connectivity index (χ4n) is 3.34. The van der Waals surface area contributed by atoms with Crippen molar-refractivity contribution >= 4 is 23.2 Å². The van der Waals surface area contributed by atoms with E-state index in [0.29, 0.717) is 28.3 Å². The average Bonchev–Trinajstić information content (AvgIpc) is 2.79. The summed E-state index contributed by atoms with van der Waals surface area (Å²) in [4.78, 5) is 30.3. The number of methoxy groups -OCH3 is 1. The van der Waals surface area contributed by atoms with Gasteiger partial charge in [0.2, 0.25) is 5.91 Å². The molecule has 0 saturated carbocycles. The number of carbonyl (C=O) groups is 1. The van der Waals surface area contributed by atoms with E-state index in [0.717, 1.165) is 5.56 Å². The van der Waals surface area contributed by atoms with Crippen molar-refractivity contribution in [1.82, 2.24) is 14.9 Å². The van der Waals surface area contributed by atoms with Gasteiger partial charge >= 0.3 is 0 Å². The van der Waals surface area contributed by atoms with Gasteiger partial charge in [-0.1, -0.05) is 24.3 Å². The largest absolute Gasteiger partial charge is 0.497 e. The minimum atomic E-state index is -0.423. The average molecular weight is 464 g/mol. The summed E-state index contributed by atoms with van der Waals surface area (Å²) in [6, 6.07) is 12.1. The molecule has 2 aromatic carbocycles. The smallest absolute Gasteiger partial charge is 0.294 e. The highest BCUT2D eigenvalue weighted by molar-refractivity contribution is 5.94. The molecule has 0 spiro atoms. The predicted molar refractivity (Wildman–Crippen MR) is 133 cm³/mol. The van der Waals surface area contributed by atoms with E-state index in [9.17, 15) is 9.59 Å². The first-order chi connectivity index (χ1) is 16.2. The van der Waals surface area contributed by atoms with Gasteiger partial charge in [-0.05, 0) is 31.5 Å². The molecular formula is C24H29N7O3. The van der Waals surface area contributed by atoms with Crippen LogP contribution in [0.4, 0.5) is 11.5 Å². The number of carbonyl (C=O) groups excluding carboxylic acids is 1. The number of hydrogen-bond donors (Lipinski definition) is 5. The Morgan fingerprint density at radius 3 is 2.53 bits per heavy atom. The Bertz CT molecular complexity index is 1250. The Labute approximate surface area is 197 Å². The van der Waals surface area contributed by atoms with E-state index in [-0.39, 0.29) is 36.7 Å². The van der Waals surface area contributed by atoms with Crippen molar-refractivity contribution in [3.8, 4) is 17.0 Å². The lowest BCUT2D eigenvalue weighted by Gasteiger charge is -2.17. The summed E-state index contributed by atoms with van der Waals surface area (Å²) in [5.41, 5.74) is 14.0. The highest BCUT2D eigenvalue weighted by Crippen LogP contribution is 2.26. The van der Waals surface area contributed by atoms with Crippen molar-refractivity contribution in [3.05, 3.63) is 70.1 Å². The van der Waals surface area contributed by atoms with Crippen LogP contribution in [-0.2, 0) is 17.9 Å². The Balaban J connectivity index is 1.89. The molecule has 0 atom stereocenters. The lowest BCUT2D eigenvalue weighted by molar-refractivity contribution is -0.121. The maximum absolute atomic E-state index is 13.2. The molecule has 7 N–H and O–H groups in total. The molecule has 1 amide bonds. The number of nitrogen functional groups attached to an aromatic ring is 2. The first-order valence-electron chi connectivity index (χ1n) is 10.7. The summed E-state index contributed by atoms with van der Waals surface area (Å²) in [5, 5.41) is 13.3. The predicted octanol–water partition coefficient (Wildman–Crippen LogP) is 1.92. The lowest BCUT2D eigenvalue weighted by atomic mass is 10.1. The van der Waals surface area contributed by atoms with Crippen molar-refractivity contribution in [1.29, 1.82) is 5.41 Å². The summed E-state index contributed by atoms with van der Waals surface area (Å²) in [5.74, 6) is 0.305. The fourth-order valence-corrected chi connectivity index (χ4v) is 3.34. The molecule has 0 aliphatic rings. The summed E-state index contributed by atoms with van der Waals surface area (Å²) < 4.78 is 6.66. The minimum absolute atomic E-state index is 0.0150. The monoisotopic (exact) mass is 463 g/mol. The van der Waals surface area contributed by atoms with E-state index in [4.69, 9.17) is 21.6 Å². The van der Waals surface area contributed by atoms with Gasteiger partial charge in [0.1, 0.15) is 18.1 Å². The van der Waals surface area contributed by atoms with Gasteiger partial charge in [0.15, 0.2) is 5.82 Å². The van der Waals surface area contributed by atoms with Crippen molar-refractivity contribution in [2.24, 2.45) is 5.73 Å². The third kappa shape index (κ3) is 5.91. The Morgan fingerprint density at radius 2 is 1.91 bits per heavy atom. The quantitative estimate of drug-likeness (QED) is 0.184. The molecule has 178 valence electrons. The highest BCUT2D eigenvalue weighted by Gasteiger charge is 2.16. The van der Waals surface area contributed by atoms with Crippen LogP contribution in [0.25, 0.3) is 11.3 Å². The van der Waals surface area contributed by atoms with Gasteiger partial charge in [0.05, 0.1) is 19.0 Å². The number of nitrogens with two attached hydrogens (primary N) is 2. The van der Waals surface area contributed by atoms with Crippen LogP contribution in [0, 0.1) is 5.41 Å². The Kier molecular flexibility index (Phi) is 7.52. The second-order valence-corrected chi connectivity index (χ2v) is 8.06. The summed E-state index contributed by atoms with van der Waals surface area (Å²) >= 11 is 0. The number of amidine groups is 1. The number of hydrogen-bond acceptors (Lipinski definition) is 7. The van der Waals surface area contributed by atoms with Crippen LogP contribution in [0.3, 0.4) is 0 Å². The highest BCUT2D eigenvalue weighted by atomic mass is 16.5. The number of ether oxygens (including phenoxy) is 1. The molecule has 34 heavy (non-hydrogen) atoms. The summed E-state index contributed by atoms with van der Waals surface area (Å²) in [6.45, 7) is 3.83. The van der Waals surface area contributed by atoms with Crippen LogP contribution in [-0.4, -0.2) is 34.4 Å². The third-order valence-corrected chi connectivity index (χ3v) is 5.00. The van der Waals surface area contributed by atoms with Gasteiger partial charge in [0, 0.05) is 35.5 Å². The molecule has 0 radical (unpaired) electrons. The first kappa shape index (κ1) is 24.3. The number of nitrogens with one attached hydrogen (secondary N) is 3. The number of amides is 1. The van der Waals surface area contributed by atoms with E-state index >= 15 is 0 Å². The molecule has 0 aliphatic heterocycles. The molecule has 1 heterocycles. The van der Waals surface area contributed by atoms with E-state index in [1.54, 1.807) is 42.5 Å². The van der Waals surface area contributed by atoms with Gasteiger partial charge in [-0.2, -0.15) is 0 Å². The molecule has 10 heteroatoms. The summed E-state index contributed by atoms with van der Waals surface area (Å²) in [7, 11) is 1.52. The van der Waals surface area contributed by atoms with Gasteiger partial charge in [-0.15, -0.1) is 0 Å². The summed E-state index contributed by atoms with van der Waals surface area (Å²) in [6.07, 6.45) is 1.54. The number of benzene rings is 2.